The standard InChI is InChI=1S/C23H23N3O3/c1-16(27)18-7-5-8-20(14-18)26-23(28)21-15-19(11-13-25-21)24-12-10-17-6-3-4-9-22(17)29-2/h3-9,11,13-15H,10,12H2,1-2H3,(H,24,25)(H,26,28). The van der Waals surface area contributed by atoms with Crippen LogP contribution in [0.15, 0.2) is 66.9 Å². The maximum Gasteiger partial charge on any atom is 0.274 e. The van der Waals surface area contributed by atoms with Gasteiger partial charge in [0, 0.05) is 29.7 Å². The predicted octanol–water partition coefficient (Wildman–Crippen LogP) is 4.20. The second-order valence-electron chi connectivity index (χ2n) is 6.51. The third-order valence-electron chi connectivity index (χ3n) is 4.44. The Bertz CT molecular complexity index is 1020. The number of para-hydroxylation sites is 1. The number of methoxy groups -OCH3 is 1. The van der Waals surface area contributed by atoms with Gasteiger partial charge in [-0.3, -0.25) is 14.6 Å². The molecule has 6 nitrogen and oxygen atoms in total. The molecule has 2 aromatic carbocycles. The Morgan fingerprint density at radius 3 is 2.62 bits per heavy atom. The first-order valence-electron chi connectivity index (χ1n) is 9.31. The maximum atomic E-state index is 12.5. The summed E-state index contributed by atoms with van der Waals surface area (Å²) in [5.74, 6) is 0.469. The summed E-state index contributed by atoms with van der Waals surface area (Å²) in [4.78, 5) is 28.2. The summed E-state index contributed by atoms with van der Waals surface area (Å²) in [5, 5.41) is 6.09. The fourth-order valence-electron chi connectivity index (χ4n) is 2.93. The van der Waals surface area contributed by atoms with E-state index in [1.165, 1.54) is 6.92 Å². The number of amides is 1. The quantitative estimate of drug-likeness (QED) is 0.565. The highest BCUT2D eigenvalue weighted by Gasteiger charge is 2.10. The van der Waals surface area contributed by atoms with Crippen LogP contribution >= 0.6 is 0 Å². The van der Waals surface area contributed by atoms with Crippen molar-refractivity contribution in [1.82, 2.24) is 4.98 Å². The largest absolute Gasteiger partial charge is 0.496 e. The fraction of sp³-hybridized carbons (Fsp3) is 0.174. The van der Waals surface area contributed by atoms with E-state index in [2.05, 4.69) is 15.6 Å². The number of ether oxygens (including phenoxy) is 1. The van der Waals surface area contributed by atoms with E-state index < -0.39 is 0 Å². The SMILES string of the molecule is COc1ccccc1CCNc1ccnc(C(=O)Nc2cccc(C(C)=O)c2)c1. The van der Waals surface area contributed by atoms with E-state index >= 15 is 0 Å². The lowest BCUT2D eigenvalue weighted by molar-refractivity contribution is 0.100. The van der Waals surface area contributed by atoms with Crippen LogP contribution in [0.25, 0.3) is 0 Å². The minimum atomic E-state index is -0.334. The molecule has 1 heterocycles. The number of rotatable bonds is 8. The smallest absolute Gasteiger partial charge is 0.274 e. The number of ketones is 1. The molecule has 1 aromatic heterocycles. The van der Waals surface area contributed by atoms with E-state index in [-0.39, 0.29) is 11.7 Å². The Morgan fingerprint density at radius 2 is 1.83 bits per heavy atom. The Balaban J connectivity index is 1.62. The van der Waals surface area contributed by atoms with Crippen LogP contribution in [0.2, 0.25) is 0 Å². The van der Waals surface area contributed by atoms with Crippen LogP contribution < -0.4 is 15.4 Å². The topological polar surface area (TPSA) is 80.3 Å². The Kier molecular flexibility index (Phi) is 6.58. The zero-order chi connectivity index (χ0) is 20.6. The number of carbonyl (C=O) groups is 2. The van der Waals surface area contributed by atoms with Gasteiger partial charge in [0.2, 0.25) is 0 Å². The van der Waals surface area contributed by atoms with Gasteiger partial charge in [-0.15, -0.1) is 0 Å². The molecule has 6 heteroatoms. The van der Waals surface area contributed by atoms with Crippen molar-refractivity contribution >= 4 is 23.1 Å². The molecule has 1 amide bonds. The number of Topliss-reactive ketones (excluding diaryl/α,β-unsaturated/α-hetero) is 1. The number of anilines is 2. The van der Waals surface area contributed by atoms with Crippen LogP contribution in [0.5, 0.6) is 5.75 Å². The van der Waals surface area contributed by atoms with Crippen molar-refractivity contribution in [1.29, 1.82) is 0 Å². The fourth-order valence-corrected chi connectivity index (χ4v) is 2.93. The normalized spacial score (nSPS) is 10.3. The molecule has 2 N–H and O–H groups in total. The number of nitrogens with zero attached hydrogens (tertiary/aromatic N) is 1. The summed E-state index contributed by atoms with van der Waals surface area (Å²) >= 11 is 0. The Hall–Kier alpha value is -3.67. The third kappa shape index (κ3) is 5.42. The summed E-state index contributed by atoms with van der Waals surface area (Å²) in [7, 11) is 1.66. The second kappa shape index (κ2) is 9.50. The summed E-state index contributed by atoms with van der Waals surface area (Å²) in [6, 6.07) is 18.2. The van der Waals surface area contributed by atoms with E-state index in [0.717, 1.165) is 23.4 Å². The number of benzene rings is 2. The molecule has 0 bridgehead atoms. The number of pyridine rings is 1. The molecule has 0 aliphatic carbocycles. The molecule has 0 spiro atoms. The Morgan fingerprint density at radius 1 is 1.00 bits per heavy atom. The van der Waals surface area contributed by atoms with Crippen molar-refractivity contribution in [2.75, 3.05) is 24.3 Å². The van der Waals surface area contributed by atoms with Crippen LogP contribution in [0, 0.1) is 0 Å². The number of hydrogen-bond donors (Lipinski definition) is 2. The summed E-state index contributed by atoms with van der Waals surface area (Å²) < 4.78 is 5.37. The van der Waals surface area contributed by atoms with E-state index in [0.29, 0.717) is 23.5 Å². The monoisotopic (exact) mass is 389 g/mol. The number of carbonyl (C=O) groups excluding carboxylic acids is 2. The van der Waals surface area contributed by atoms with Gasteiger partial charge in [0.15, 0.2) is 5.78 Å². The van der Waals surface area contributed by atoms with Crippen molar-refractivity contribution in [3.8, 4) is 5.75 Å². The molecule has 0 aliphatic heterocycles. The molecule has 148 valence electrons. The molecule has 0 fully saturated rings. The van der Waals surface area contributed by atoms with Gasteiger partial charge < -0.3 is 15.4 Å². The van der Waals surface area contributed by atoms with Crippen molar-refractivity contribution in [2.24, 2.45) is 0 Å². The van der Waals surface area contributed by atoms with Crippen molar-refractivity contribution in [3.05, 3.63) is 83.7 Å². The number of nitrogens with one attached hydrogen (secondary N) is 2. The van der Waals surface area contributed by atoms with E-state index in [9.17, 15) is 9.59 Å². The first-order valence-corrected chi connectivity index (χ1v) is 9.31. The van der Waals surface area contributed by atoms with Crippen LogP contribution in [0.4, 0.5) is 11.4 Å². The van der Waals surface area contributed by atoms with Crippen LogP contribution in [0.3, 0.4) is 0 Å². The second-order valence-corrected chi connectivity index (χ2v) is 6.51. The minimum Gasteiger partial charge on any atom is -0.496 e. The summed E-state index contributed by atoms with van der Waals surface area (Å²) in [6.07, 6.45) is 2.37. The van der Waals surface area contributed by atoms with Gasteiger partial charge in [-0.2, -0.15) is 0 Å². The molecule has 3 aromatic rings. The van der Waals surface area contributed by atoms with E-state index in [4.69, 9.17) is 4.74 Å². The lowest BCUT2D eigenvalue weighted by Crippen LogP contribution is -2.14. The molecule has 0 unspecified atom stereocenters. The zero-order valence-electron chi connectivity index (χ0n) is 16.4. The first-order chi connectivity index (χ1) is 14.1. The van der Waals surface area contributed by atoms with Gasteiger partial charge in [-0.05, 0) is 49.2 Å². The molecule has 3 rings (SSSR count). The first kappa shape index (κ1) is 20.1. The minimum absolute atomic E-state index is 0.0551. The maximum absolute atomic E-state index is 12.5. The van der Waals surface area contributed by atoms with Crippen molar-refractivity contribution in [2.45, 2.75) is 13.3 Å². The van der Waals surface area contributed by atoms with Crippen LogP contribution in [-0.2, 0) is 6.42 Å². The highest BCUT2D eigenvalue weighted by Crippen LogP contribution is 2.18. The highest BCUT2D eigenvalue weighted by atomic mass is 16.5. The molecule has 0 saturated carbocycles. The van der Waals surface area contributed by atoms with Crippen molar-refractivity contribution in [3.63, 3.8) is 0 Å². The third-order valence-corrected chi connectivity index (χ3v) is 4.44. The molecule has 29 heavy (non-hydrogen) atoms. The molecule has 0 aliphatic rings. The molecule has 0 radical (unpaired) electrons. The molecule has 0 saturated heterocycles. The lowest BCUT2D eigenvalue weighted by atomic mass is 10.1. The number of hydrogen-bond acceptors (Lipinski definition) is 5. The van der Waals surface area contributed by atoms with Gasteiger partial charge >= 0.3 is 0 Å². The van der Waals surface area contributed by atoms with Crippen LogP contribution in [-0.4, -0.2) is 30.3 Å². The molecule has 0 atom stereocenters. The Labute approximate surface area is 169 Å². The van der Waals surface area contributed by atoms with Gasteiger partial charge in [-0.1, -0.05) is 30.3 Å². The van der Waals surface area contributed by atoms with E-state index in [1.54, 1.807) is 43.6 Å². The predicted molar refractivity (Wildman–Crippen MR) is 114 cm³/mol. The average Bonchev–Trinajstić information content (AvgIpc) is 2.74. The zero-order valence-corrected chi connectivity index (χ0v) is 16.4. The van der Waals surface area contributed by atoms with Crippen LogP contribution in [0.1, 0.15) is 33.3 Å². The van der Waals surface area contributed by atoms with Crippen molar-refractivity contribution < 1.29 is 14.3 Å². The lowest BCUT2D eigenvalue weighted by Gasteiger charge is -2.11. The van der Waals surface area contributed by atoms with Gasteiger partial charge in [0.1, 0.15) is 11.4 Å². The summed E-state index contributed by atoms with van der Waals surface area (Å²) in [5.41, 5.74) is 3.31. The van der Waals surface area contributed by atoms with Gasteiger partial charge in [0.25, 0.3) is 5.91 Å². The van der Waals surface area contributed by atoms with Gasteiger partial charge in [-0.25, -0.2) is 0 Å². The molecular formula is C23H23N3O3. The number of aromatic nitrogens is 1. The average molecular weight is 389 g/mol. The summed E-state index contributed by atoms with van der Waals surface area (Å²) in [6.45, 7) is 2.18. The highest BCUT2D eigenvalue weighted by molar-refractivity contribution is 6.04. The van der Waals surface area contributed by atoms with Gasteiger partial charge in [0.05, 0.1) is 7.11 Å². The molecular weight excluding hydrogens is 366 g/mol. The van der Waals surface area contributed by atoms with E-state index in [1.807, 2.05) is 30.3 Å².